The molecule has 1 aromatic carbocycles. The van der Waals surface area contributed by atoms with E-state index in [9.17, 15) is 8.42 Å². The van der Waals surface area contributed by atoms with E-state index in [4.69, 9.17) is 4.74 Å². The number of aromatic nitrogens is 1. The zero-order chi connectivity index (χ0) is 17.2. The van der Waals surface area contributed by atoms with E-state index in [1.54, 1.807) is 53.1 Å². The van der Waals surface area contributed by atoms with Crippen molar-refractivity contribution in [2.75, 3.05) is 18.8 Å². The molecule has 1 aliphatic rings. The van der Waals surface area contributed by atoms with Crippen LogP contribution in [0.25, 0.3) is 0 Å². The third-order valence-electron chi connectivity index (χ3n) is 3.74. The summed E-state index contributed by atoms with van der Waals surface area (Å²) in [6, 6.07) is 10.0. The van der Waals surface area contributed by atoms with Crippen molar-refractivity contribution in [3.63, 3.8) is 0 Å². The van der Waals surface area contributed by atoms with Crippen molar-refractivity contribution in [1.82, 2.24) is 9.29 Å². The molecule has 3 rings (SSSR count). The van der Waals surface area contributed by atoms with E-state index >= 15 is 0 Å². The van der Waals surface area contributed by atoms with Crippen LogP contribution in [0.5, 0.6) is 11.5 Å². The van der Waals surface area contributed by atoms with Crippen molar-refractivity contribution in [3.05, 3.63) is 48.8 Å². The maximum atomic E-state index is 12.8. The SMILES string of the molecule is CC1(C)CN(S(=O)(=O)c2ccc(Oc3ccncc3)cc2)CCS1. The van der Waals surface area contributed by atoms with Gasteiger partial charge in [-0.05, 0) is 50.2 Å². The lowest BCUT2D eigenvalue weighted by atomic mass is 10.2. The summed E-state index contributed by atoms with van der Waals surface area (Å²) < 4.78 is 32.8. The second kappa shape index (κ2) is 6.74. The lowest BCUT2D eigenvalue weighted by Crippen LogP contribution is -2.46. The summed E-state index contributed by atoms with van der Waals surface area (Å²) in [4.78, 5) is 4.23. The first kappa shape index (κ1) is 17.3. The first-order valence-corrected chi connectivity index (χ1v) is 10.1. The number of benzene rings is 1. The molecule has 2 heterocycles. The molecule has 5 nitrogen and oxygen atoms in total. The maximum Gasteiger partial charge on any atom is 0.243 e. The molecule has 0 atom stereocenters. The molecule has 7 heteroatoms. The Morgan fingerprint density at radius 3 is 2.33 bits per heavy atom. The summed E-state index contributed by atoms with van der Waals surface area (Å²) in [6.45, 7) is 5.22. The minimum absolute atomic E-state index is 0.0598. The van der Waals surface area contributed by atoms with Gasteiger partial charge in [-0.3, -0.25) is 4.98 Å². The second-order valence-electron chi connectivity index (χ2n) is 6.20. The van der Waals surface area contributed by atoms with Crippen LogP contribution in [0.3, 0.4) is 0 Å². The minimum atomic E-state index is -3.47. The summed E-state index contributed by atoms with van der Waals surface area (Å²) in [6.07, 6.45) is 3.29. The number of rotatable bonds is 4. The molecule has 0 unspecified atom stereocenters. The average molecular weight is 364 g/mol. The molecule has 0 saturated carbocycles. The monoisotopic (exact) mass is 364 g/mol. The van der Waals surface area contributed by atoms with Crippen LogP contribution in [0.15, 0.2) is 53.7 Å². The smallest absolute Gasteiger partial charge is 0.243 e. The van der Waals surface area contributed by atoms with Gasteiger partial charge >= 0.3 is 0 Å². The Kier molecular flexibility index (Phi) is 4.85. The molecule has 1 aromatic heterocycles. The largest absolute Gasteiger partial charge is 0.457 e. The van der Waals surface area contributed by atoms with Gasteiger partial charge in [-0.1, -0.05) is 0 Å². The van der Waals surface area contributed by atoms with Gasteiger partial charge in [0.05, 0.1) is 4.90 Å². The van der Waals surface area contributed by atoms with Gasteiger partial charge in [-0.25, -0.2) is 8.42 Å². The average Bonchev–Trinajstić information content (AvgIpc) is 2.55. The molecule has 0 N–H and O–H groups in total. The fourth-order valence-electron chi connectivity index (χ4n) is 2.55. The molecule has 24 heavy (non-hydrogen) atoms. The number of hydrogen-bond acceptors (Lipinski definition) is 5. The molecule has 0 bridgehead atoms. The Hall–Kier alpha value is -1.57. The molecule has 1 aliphatic heterocycles. The third-order valence-corrected chi connectivity index (χ3v) is 6.89. The van der Waals surface area contributed by atoms with Gasteiger partial charge in [0.1, 0.15) is 11.5 Å². The van der Waals surface area contributed by atoms with Gasteiger partial charge in [-0.15, -0.1) is 0 Å². The number of pyridine rings is 1. The molecule has 1 fully saturated rings. The first-order chi connectivity index (χ1) is 11.4. The van der Waals surface area contributed by atoms with E-state index in [0.29, 0.717) is 29.5 Å². The summed E-state index contributed by atoms with van der Waals surface area (Å²) in [5.41, 5.74) is 0. The van der Waals surface area contributed by atoms with Crippen molar-refractivity contribution in [3.8, 4) is 11.5 Å². The first-order valence-electron chi connectivity index (χ1n) is 7.69. The van der Waals surface area contributed by atoms with Crippen molar-refractivity contribution < 1.29 is 13.2 Å². The number of ether oxygens (including phenoxy) is 1. The van der Waals surface area contributed by atoms with E-state index in [2.05, 4.69) is 18.8 Å². The molecular formula is C17H20N2O3S2. The lowest BCUT2D eigenvalue weighted by molar-refractivity contribution is 0.387. The Balaban J connectivity index is 1.77. The van der Waals surface area contributed by atoms with Gasteiger partial charge in [0.15, 0.2) is 0 Å². The number of sulfonamides is 1. The highest BCUT2D eigenvalue weighted by Crippen LogP contribution is 2.33. The fourth-order valence-corrected chi connectivity index (χ4v) is 5.46. The highest BCUT2D eigenvalue weighted by molar-refractivity contribution is 8.00. The number of hydrogen-bond donors (Lipinski definition) is 0. The van der Waals surface area contributed by atoms with E-state index < -0.39 is 10.0 Å². The van der Waals surface area contributed by atoms with Crippen LogP contribution in [0.2, 0.25) is 0 Å². The van der Waals surface area contributed by atoms with E-state index in [1.165, 1.54) is 0 Å². The Bertz CT molecular complexity index is 790. The highest BCUT2D eigenvalue weighted by Gasteiger charge is 2.34. The molecule has 0 aliphatic carbocycles. The maximum absolute atomic E-state index is 12.8. The predicted octanol–water partition coefficient (Wildman–Crippen LogP) is 3.39. The normalized spacial score (nSPS) is 18.2. The van der Waals surface area contributed by atoms with Gasteiger partial charge < -0.3 is 4.74 Å². The molecule has 1 saturated heterocycles. The number of thioether (sulfide) groups is 1. The quantitative estimate of drug-likeness (QED) is 0.832. The van der Waals surface area contributed by atoms with Gasteiger partial charge in [0.25, 0.3) is 0 Å². The molecule has 0 amide bonds. The van der Waals surface area contributed by atoms with Crippen molar-refractivity contribution in [1.29, 1.82) is 0 Å². The van der Waals surface area contributed by atoms with Crippen LogP contribution in [0, 0.1) is 0 Å². The number of nitrogens with zero attached hydrogens (tertiary/aromatic N) is 2. The van der Waals surface area contributed by atoms with Crippen LogP contribution in [-0.2, 0) is 10.0 Å². The summed E-state index contributed by atoms with van der Waals surface area (Å²) in [5.74, 6) is 2.07. The molecule has 2 aromatic rings. The standard InChI is InChI=1S/C17H20N2O3S2/c1-17(2)13-19(11-12-23-17)24(20,21)16-5-3-14(4-6-16)22-15-7-9-18-10-8-15/h3-10H,11-13H2,1-2H3. The van der Waals surface area contributed by atoms with Crippen LogP contribution in [-0.4, -0.2) is 41.3 Å². The molecular weight excluding hydrogens is 344 g/mol. The van der Waals surface area contributed by atoms with Gasteiger partial charge in [-0.2, -0.15) is 16.1 Å². The van der Waals surface area contributed by atoms with Crippen LogP contribution < -0.4 is 4.74 Å². The van der Waals surface area contributed by atoms with Crippen LogP contribution in [0.1, 0.15) is 13.8 Å². The van der Waals surface area contributed by atoms with Gasteiger partial charge in [0.2, 0.25) is 10.0 Å². The third kappa shape index (κ3) is 3.91. The molecule has 0 radical (unpaired) electrons. The Labute approximate surface area is 147 Å². The highest BCUT2D eigenvalue weighted by atomic mass is 32.2. The van der Waals surface area contributed by atoms with Crippen LogP contribution >= 0.6 is 11.8 Å². The Morgan fingerprint density at radius 2 is 1.71 bits per heavy atom. The summed E-state index contributed by atoms with van der Waals surface area (Å²) >= 11 is 1.81. The van der Waals surface area contributed by atoms with Crippen molar-refractivity contribution in [2.45, 2.75) is 23.5 Å². The fraction of sp³-hybridized carbons (Fsp3) is 0.353. The Morgan fingerprint density at radius 1 is 1.08 bits per heavy atom. The predicted molar refractivity (Wildman–Crippen MR) is 96.0 cm³/mol. The lowest BCUT2D eigenvalue weighted by Gasteiger charge is -2.36. The topological polar surface area (TPSA) is 59.5 Å². The summed E-state index contributed by atoms with van der Waals surface area (Å²) in [5, 5.41) is 0. The molecule has 0 spiro atoms. The van der Waals surface area contributed by atoms with Crippen molar-refractivity contribution in [2.24, 2.45) is 0 Å². The summed E-state index contributed by atoms with van der Waals surface area (Å²) in [7, 11) is -3.47. The minimum Gasteiger partial charge on any atom is -0.457 e. The van der Waals surface area contributed by atoms with E-state index in [0.717, 1.165) is 5.75 Å². The zero-order valence-electron chi connectivity index (χ0n) is 13.7. The second-order valence-corrected chi connectivity index (χ2v) is 9.94. The van der Waals surface area contributed by atoms with E-state index in [-0.39, 0.29) is 4.75 Å². The van der Waals surface area contributed by atoms with E-state index in [1.807, 2.05) is 11.8 Å². The van der Waals surface area contributed by atoms with Crippen LogP contribution in [0.4, 0.5) is 0 Å². The van der Waals surface area contributed by atoms with Crippen molar-refractivity contribution >= 4 is 21.8 Å². The van der Waals surface area contributed by atoms with Gasteiger partial charge in [0, 0.05) is 36.0 Å². The molecule has 128 valence electrons. The zero-order valence-corrected chi connectivity index (χ0v) is 15.3.